The largest absolute Gasteiger partial charge is 0.356 e. The molecule has 2 N–H and O–H groups in total. The fraction of sp³-hybridized carbons (Fsp3) is 0.615. The molecular formula is C13H21N3. The van der Waals surface area contributed by atoms with Crippen LogP contribution in [0.3, 0.4) is 0 Å². The Bertz CT molecular complexity index is 371. The van der Waals surface area contributed by atoms with Crippen LogP contribution in [0.25, 0.3) is 0 Å². The molecule has 1 aromatic rings. The first kappa shape index (κ1) is 11.4. The molecule has 0 unspecified atom stereocenters. The first-order valence-electron chi connectivity index (χ1n) is 5.95. The first-order chi connectivity index (χ1) is 7.49. The standard InChI is InChI=1S/C13H21N3/c1-10(14)11-5-4-7-15-12(11)16-8-6-13(2,3)9-16/h4-5,7,10H,6,8-9,14H2,1-3H3/t10-/m0/s1. The summed E-state index contributed by atoms with van der Waals surface area (Å²) in [5, 5.41) is 0. The zero-order valence-corrected chi connectivity index (χ0v) is 10.4. The third kappa shape index (κ3) is 2.19. The molecule has 0 spiro atoms. The van der Waals surface area contributed by atoms with E-state index in [0.29, 0.717) is 5.41 Å². The van der Waals surface area contributed by atoms with Crippen LogP contribution in [0.15, 0.2) is 18.3 Å². The van der Waals surface area contributed by atoms with Gasteiger partial charge >= 0.3 is 0 Å². The Morgan fingerprint density at radius 1 is 1.50 bits per heavy atom. The smallest absolute Gasteiger partial charge is 0.133 e. The van der Waals surface area contributed by atoms with Crippen molar-refractivity contribution in [2.24, 2.45) is 11.1 Å². The highest BCUT2D eigenvalue weighted by Crippen LogP contribution is 2.33. The highest BCUT2D eigenvalue weighted by atomic mass is 15.2. The molecule has 0 bridgehead atoms. The molecule has 1 aromatic heterocycles. The van der Waals surface area contributed by atoms with Crippen LogP contribution in [0.5, 0.6) is 0 Å². The van der Waals surface area contributed by atoms with Gasteiger partial charge in [-0.2, -0.15) is 0 Å². The summed E-state index contributed by atoms with van der Waals surface area (Å²) in [6, 6.07) is 4.09. The van der Waals surface area contributed by atoms with Crippen molar-refractivity contribution >= 4 is 5.82 Å². The molecule has 2 rings (SSSR count). The van der Waals surface area contributed by atoms with Crippen LogP contribution < -0.4 is 10.6 Å². The van der Waals surface area contributed by atoms with E-state index in [9.17, 15) is 0 Å². The van der Waals surface area contributed by atoms with Gasteiger partial charge in [0.2, 0.25) is 0 Å². The van der Waals surface area contributed by atoms with Crippen LogP contribution >= 0.6 is 0 Å². The number of pyridine rings is 1. The molecule has 1 aliphatic heterocycles. The summed E-state index contributed by atoms with van der Waals surface area (Å²) in [6.45, 7) is 8.79. The third-order valence-electron chi connectivity index (χ3n) is 3.28. The Labute approximate surface area is 97.7 Å². The third-order valence-corrected chi connectivity index (χ3v) is 3.28. The minimum atomic E-state index is 0.0485. The van der Waals surface area contributed by atoms with Crippen LogP contribution in [0.1, 0.15) is 38.8 Å². The topological polar surface area (TPSA) is 42.1 Å². The predicted octanol–water partition coefficient (Wildman–Crippen LogP) is 2.34. The Morgan fingerprint density at radius 3 is 2.81 bits per heavy atom. The van der Waals surface area contributed by atoms with Crippen molar-refractivity contribution in [3.05, 3.63) is 23.9 Å². The summed E-state index contributed by atoms with van der Waals surface area (Å²) in [7, 11) is 0. The van der Waals surface area contributed by atoms with E-state index in [-0.39, 0.29) is 6.04 Å². The zero-order chi connectivity index (χ0) is 11.8. The normalized spacial score (nSPS) is 21.1. The van der Waals surface area contributed by atoms with Crippen molar-refractivity contribution in [2.75, 3.05) is 18.0 Å². The molecule has 1 atom stereocenters. The number of hydrogen-bond donors (Lipinski definition) is 1. The van der Waals surface area contributed by atoms with Crippen LogP contribution in [0.2, 0.25) is 0 Å². The van der Waals surface area contributed by atoms with Crippen molar-refractivity contribution in [3.63, 3.8) is 0 Å². The second-order valence-electron chi connectivity index (χ2n) is 5.54. The van der Waals surface area contributed by atoms with Crippen molar-refractivity contribution in [2.45, 2.75) is 33.2 Å². The predicted molar refractivity (Wildman–Crippen MR) is 67.5 cm³/mol. The van der Waals surface area contributed by atoms with Gasteiger partial charge in [0.05, 0.1) is 0 Å². The van der Waals surface area contributed by atoms with Gasteiger partial charge in [-0.05, 0) is 24.8 Å². The number of aromatic nitrogens is 1. The molecule has 2 heterocycles. The van der Waals surface area contributed by atoms with Crippen LogP contribution in [0, 0.1) is 5.41 Å². The summed E-state index contributed by atoms with van der Waals surface area (Å²) >= 11 is 0. The van der Waals surface area contributed by atoms with Gasteiger partial charge in [-0.25, -0.2) is 4.98 Å². The lowest BCUT2D eigenvalue weighted by Crippen LogP contribution is -2.25. The van der Waals surface area contributed by atoms with E-state index in [4.69, 9.17) is 5.73 Å². The van der Waals surface area contributed by atoms with Gasteiger partial charge in [-0.3, -0.25) is 0 Å². The highest BCUT2D eigenvalue weighted by Gasteiger charge is 2.31. The van der Waals surface area contributed by atoms with E-state index in [1.54, 1.807) is 0 Å². The molecule has 1 saturated heterocycles. The van der Waals surface area contributed by atoms with Gasteiger partial charge in [0.1, 0.15) is 5.82 Å². The molecule has 16 heavy (non-hydrogen) atoms. The van der Waals surface area contributed by atoms with Gasteiger partial charge in [-0.15, -0.1) is 0 Å². The van der Waals surface area contributed by atoms with Crippen molar-refractivity contribution in [1.29, 1.82) is 0 Å². The lowest BCUT2D eigenvalue weighted by Gasteiger charge is -2.23. The second kappa shape index (κ2) is 4.06. The Hall–Kier alpha value is -1.09. The average molecular weight is 219 g/mol. The molecule has 0 radical (unpaired) electrons. The van der Waals surface area contributed by atoms with E-state index in [1.807, 2.05) is 19.2 Å². The molecule has 1 aliphatic rings. The van der Waals surface area contributed by atoms with Crippen molar-refractivity contribution in [3.8, 4) is 0 Å². The number of hydrogen-bond acceptors (Lipinski definition) is 3. The van der Waals surface area contributed by atoms with E-state index in [2.05, 4.69) is 29.8 Å². The fourth-order valence-corrected chi connectivity index (χ4v) is 2.32. The number of anilines is 1. The lowest BCUT2D eigenvalue weighted by molar-refractivity contribution is 0.418. The number of rotatable bonds is 2. The van der Waals surface area contributed by atoms with E-state index < -0.39 is 0 Å². The monoisotopic (exact) mass is 219 g/mol. The van der Waals surface area contributed by atoms with Gasteiger partial charge in [0.25, 0.3) is 0 Å². The maximum Gasteiger partial charge on any atom is 0.133 e. The number of nitrogens with two attached hydrogens (primary N) is 1. The first-order valence-corrected chi connectivity index (χ1v) is 5.95. The maximum atomic E-state index is 5.98. The van der Waals surface area contributed by atoms with Gasteiger partial charge in [0.15, 0.2) is 0 Å². The molecule has 1 fully saturated rings. The Balaban J connectivity index is 2.28. The molecule has 3 heteroatoms. The molecular weight excluding hydrogens is 198 g/mol. The Kier molecular flexibility index (Phi) is 2.89. The lowest BCUT2D eigenvalue weighted by atomic mass is 9.93. The van der Waals surface area contributed by atoms with Gasteiger partial charge in [-0.1, -0.05) is 19.9 Å². The quantitative estimate of drug-likeness (QED) is 0.830. The molecule has 0 saturated carbocycles. The molecule has 0 aromatic carbocycles. The van der Waals surface area contributed by atoms with Crippen molar-refractivity contribution < 1.29 is 0 Å². The molecule has 0 amide bonds. The minimum absolute atomic E-state index is 0.0485. The second-order valence-corrected chi connectivity index (χ2v) is 5.54. The molecule has 88 valence electrons. The molecule has 3 nitrogen and oxygen atoms in total. The van der Waals surface area contributed by atoms with Crippen molar-refractivity contribution in [1.82, 2.24) is 4.98 Å². The van der Waals surface area contributed by atoms with Crippen LogP contribution in [0.4, 0.5) is 5.82 Å². The van der Waals surface area contributed by atoms with E-state index >= 15 is 0 Å². The summed E-state index contributed by atoms with van der Waals surface area (Å²) in [5.74, 6) is 1.07. The minimum Gasteiger partial charge on any atom is -0.356 e. The zero-order valence-electron chi connectivity index (χ0n) is 10.4. The summed E-state index contributed by atoms with van der Waals surface area (Å²) in [4.78, 5) is 6.85. The molecule has 0 aliphatic carbocycles. The maximum absolute atomic E-state index is 5.98. The summed E-state index contributed by atoms with van der Waals surface area (Å²) in [5.41, 5.74) is 7.53. The van der Waals surface area contributed by atoms with Crippen LogP contribution in [-0.4, -0.2) is 18.1 Å². The van der Waals surface area contributed by atoms with E-state index in [1.165, 1.54) is 6.42 Å². The van der Waals surface area contributed by atoms with Gasteiger partial charge < -0.3 is 10.6 Å². The fourth-order valence-electron chi connectivity index (χ4n) is 2.32. The SMILES string of the molecule is C[C@H](N)c1cccnc1N1CCC(C)(C)C1. The van der Waals surface area contributed by atoms with Gasteiger partial charge in [0, 0.05) is 30.9 Å². The van der Waals surface area contributed by atoms with E-state index in [0.717, 1.165) is 24.5 Å². The Morgan fingerprint density at radius 2 is 2.25 bits per heavy atom. The summed E-state index contributed by atoms with van der Waals surface area (Å²) < 4.78 is 0. The van der Waals surface area contributed by atoms with Crippen LogP contribution in [-0.2, 0) is 0 Å². The average Bonchev–Trinajstić information content (AvgIpc) is 2.59. The highest BCUT2D eigenvalue weighted by molar-refractivity contribution is 5.49. The number of nitrogens with zero attached hydrogens (tertiary/aromatic N) is 2. The summed E-state index contributed by atoms with van der Waals surface area (Å²) in [6.07, 6.45) is 3.08.